The second-order valence-corrected chi connectivity index (χ2v) is 7.96. The van der Waals surface area contributed by atoms with E-state index >= 15 is 0 Å². The number of hydrogen-bond acceptors (Lipinski definition) is 3. The summed E-state index contributed by atoms with van der Waals surface area (Å²) in [5.41, 5.74) is 2.42. The Morgan fingerprint density at radius 1 is 1.04 bits per heavy atom. The van der Waals surface area contributed by atoms with Crippen LogP contribution < -0.4 is 0 Å². The maximum Gasteiger partial charge on any atom is 0.0717 e. The van der Waals surface area contributed by atoms with Crippen LogP contribution in [0.25, 0.3) is 0 Å². The number of benzene rings is 2. The summed E-state index contributed by atoms with van der Waals surface area (Å²) in [5.74, 6) is 0.653. The number of likely N-dealkylation sites (tertiary alicyclic amines) is 1. The second-order valence-electron chi connectivity index (χ2n) is 7.96. The molecule has 3 nitrogen and oxygen atoms in total. The van der Waals surface area contributed by atoms with Crippen molar-refractivity contribution in [3.63, 3.8) is 0 Å². The maximum absolute atomic E-state index is 10.2. The number of ether oxygens (including phenoxy) is 1. The van der Waals surface area contributed by atoms with Crippen molar-refractivity contribution in [1.82, 2.24) is 4.90 Å². The molecule has 1 aliphatic heterocycles. The molecule has 0 spiro atoms. The van der Waals surface area contributed by atoms with Gasteiger partial charge in [-0.15, -0.1) is 0 Å². The van der Waals surface area contributed by atoms with Gasteiger partial charge >= 0.3 is 0 Å². The smallest absolute Gasteiger partial charge is 0.0717 e. The van der Waals surface area contributed by atoms with Crippen LogP contribution in [-0.4, -0.2) is 35.8 Å². The molecule has 28 heavy (non-hydrogen) atoms. The molecule has 0 aromatic heterocycles. The Kier molecular flexibility index (Phi) is 8.53. The van der Waals surface area contributed by atoms with E-state index in [9.17, 15) is 5.11 Å². The molecule has 0 unspecified atom stereocenters. The van der Waals surface area contributed by atoms with Gasteiger partial charge in [0.25, 0.3) is 0 Å². The van der Waals surface area contributed by atoms with Crippen LogP contribution >= 0.6 is 0 Å². The van der Waals surface area contributed by atoms with E-state index < -0.39 is 0 Å². The Hall–Kier alpha value is -1.68. The number of rotatable bonds is 11. The van der Waals surface area contributed by atoms with Crippen LogP contribution in [0.15, 0.2) is 60.7 Å². The average molecular weight is 382 g/mol. The first-order valence-electron chi connectivity index (χ1n) is 10.9. The fourth-order valence-corrected chi connectivity index (χ4v) is 4.50. The molecular formula is C25H35NO2. The van der Waals surface area contributed by atoms with Crippen LogP contribution in [0.3, 0.4) is 0 Å². The minimum absolute atomic E-state index is 0.0581. The predicted molar refractivity (Wildman–Crippen MR) is 115 cm³/mol. The molecule has 2 aromatic rings. The van der Waals surface area contributed by atoms with Crippen molar-refractivity contribution in [2.75, 3.05) is 19.8 Å². The lowest BCUT2D eigenvalue weighted by atomic mass is 9.93. The van der Waals surface area contributed by atoms with Gasteiger partial charge in [-0.3, -0.25) is 4.90 Å². The molecule has 0 bridgehead atoms. The van der Waals surface area contributed by atoms with E-state index in [0.717, 1.165) is 13.2 Å². The van der Waals surface area contributed by atoms with Crippen LogP contribution in [0.2, 0.25) is 0 Å². The molecule has 2 aromatic carbocycles. The van der Waals surface area contributed by atoms with Crippen LogP contribution in [0.5, 0.6) is 0 Å². The molecule has 0 radical (unpaired) electrons. The molecule has 3 atom stereocenters. The van der Waals surface area contributed by atoms with Crippen molar-refractivity contribution < 1.29 is 9.84 Å². The standard InChI is InChI=1S/C25H35NO2/c1-2-3-6-13-23-16-17-26(24(18-27)22-14-9-5-10-15-22)25(23)20-28-19-21-11-7-4-8-12-21/h4-5,7-12,14-15,23-25,27H,2-3,6,13,16-20H2,1H3/t23-,24-,25-/m0/s1. The third kappa shape index (κ3) is 5.66. The highest BCUT2D eigenvalue weighted by molar-refractivity contribution is 5.20. The van der Waals surface area contributed by atoms with Gasteiger partial charge in [0.1, 0.15) is 0 Å². The minimum Gasteiger partial charge on any atom is -0.394 e. The normalized spacial score (nSPS) is 21.1. The van der Waals surface area contributed by atoms with E-state index in [1.54, 1.807) is 0 Å². The highest BCUT2D eigenvalue weighted by Gasteiger charge is 2.38. The Balaban J connectivity index is 1.67. The third-order valence-electron chi connectivity index (χ3n) is 6.06. The zero-order chi connectivity index (χ0) is 19.6. The van der Waals surface area contributed by atoms with Crippen LogP contribution in [0.4, 0.5) is 0 Å². The van der Waals surface area contributed by atoms with E-state index in [0.29, 0.717) is 18.6 Å². The van der Waals surface area contributed by atoms with Crippen molar-refractivity contribution >= 4 is 0 Å². The lowest BCUT2D eigenvalue weighted by molar-refractivity contribution is 0.0223. The number of aliphatic hydroxyl groups is 1. The van der Waals surface area contributed by atoms with E-state index in [2.05, 4.69) is 60.4 Å². The lowest BCUT2D eigenvalue weighted by Crippen LogP contribution is -2.40. The molecule has 1 N–H and O–H groups in total. The second kappa shape index (κ2) is 11.4. The fraction of sp³-hybridized carbons (Fsp3) is 0.520. The van der Waals surface area contributed by atoms with Crippen molar-refractivity contribution in [1.29, 1.82) is 0 Å². The van der Waals surface area contributed by atoms with Gasteiger partial charge in [0, 0.05) is 6.04 Å². The predicted octanol–water partition coefficient (Wildman–Crippen LogP) is 5.21. The molecule has 1 aliphatic rings. The van der Waals surface area contributed by atoms with Gasteiger partial charge < -0.3 is 9.84 Å². The van der Waals surface area contributed by atoms with Crippen LogP contribution in [0.1, 0.15) is 56.2 Å². The summed E-state index contributed by atoms with van der Waals surface area (Å²) in [5, 5.41) is 10.2. The highest BCUT2D eigenvalue weighted by Crippen LogP contribution is 2.35. The largest absolute Gasteiger partial charge is 0.394 e. The Bertz CT molecular complexity index is 661. The first kappa shape index (κ1) is 21.0. The minimum atomic E-state index is 0.0581. The zero-order valence-electron chi connectivity index (χ0n) is 17.2. The van der Waals surface area contributed by atoms with Crippen molar-refractivity contribution in [3.05, 3.63) is 71.8 Å². The van der Waals surface area contributed by atoms with Gasteiger partial charge in [-0.25, -0.2) is 0 Å². The average Bonchev–Trinajstić information content (AvgIpc) is 3.13. The molecule has 1 fully saturated rings. The molecule has 1 saturated heterocycles. The summed E-state index contributed by atoms with van der Waals surface area (Å²) in [6.45, 7) is 4.84. The number of hydrogen-bond donors (Lipinski definition) is 1. The maximum atomic E-state index is 10.2. The molecule has 152 valence electrons. The summed E-state index contributed by atoms with van der Waals surface area (Å²) in [7, 11) is 0. The SMILES string of the molecule is CCCCC[C@H]1CCN([C@@H](CO)c2ccccc2)[C@H]1COCc1ccccc1. The van der Waals surface area contributed by atoms with Gasteiger partial charge in [0.05, 0.1) is 25.9 Å². The van der Waals surface area contributed by atoms with Crippen molar-refractivity contribution in [3.8, 4) is 0 Å². The lowest BCUT2D eigenvalue weighted by Gasteiger charge is -2.34. The number of unbranched alkanes of at least 4 members (excludes halogenated alkanes) is 2. The van der Waals surface area contributed by atoms with Gasteiger partial charge in [-0.05, 0) is 36.4 Å². The molecule has 0 aliphatic carbocycles. The van der Waals surface area contributed by atoms with E-state index in [1.807, 2.05) is 12.1 Å². The summed E-state index contributed by atoms with van der Waals surface area (Å²) in [6.07, 6.45) is 6.31. The number of nitrogens with zero attached hydrogens (tertiary/aromatic N) is 1. The highest BCUT2D eigenvalue weighted by atomic mass is 16.5. The quantitative estimate of drug-likeness (QED) is 0.543. The van der Waals surface area contributed by atoms with Gasteiger partial charge in [0.15, 0.2) is 0 Å². The van der Waals surface area contributed by atoms with E-state index in [4.69, 9.17) is 4.74 Å². The summed E-state index contributed by atoms with van der Waals surface area (Å²) < 4.78 is 6.18. The summed E-state index contributed by atoms with van der Waals surface area (Å²) in [6, 6.07) is 21.3. The molecule has 3 rings (SSSR count). The number of aliphatic hydroxyl groups excluding tert-OH is 1. The Labute approximate surface area is 170 Å². The summed E-state index contributed by atoms with van der Waals surface area (Å²) >= 11 is 0. The Morgan fingerprint density at radius 2 is 1.75 bits per heavy atom. The van der Waals surface area contributed by atoms with E-state index in [1.165, 1.54) is 43.2 Å². The van der Waals surface area contributed by atoms with Gasteiger partial charge in [-0.1, -0.05) is 86.8 Å². The van der Waals surface area contributed by atoms with Gasteiger partial charge in [0.2, 0.25) is 0 Å². The monoisotopic (exact) mass is 381 g/mol. The van der Waals surface area contributed by atoms with Gasteiger partial charge in [-0.2, -0.15) is 0 Å². The van der Waals surface area contributed by atoms with Crippen LogP contribution in [0, 0.1) is 5.92 Å². The third-order valence-corrected chi connectivity index (χ3v) is 6.06. The zero-order valence-corrected chi connectivity index (χ0v) is 17.2. The molecular weight excluding hydrogens is 346 g/mol. The van der Waals surface area contributed by atoms with Crippen molar-refractivity contribution in [2.45, 2.75) is 57.7 Å². The fourth-order valence-electron chi connectivity index (χ4n) is 4.50. The first-order valence-corrected chi connectivity index (χ1v) is 10.9. The van der Waals surface area contributed by atoms with Crippen molar-refractivity contribution in [2.24, 2.45) is 5.92 Å². The first-order chi connectivity index (χ1) is 13.8. The molecule has 1 heterocycles. The Morgan fingerprint density at radius 3 is 2.43 bits per heavy atom. The summed E-state index contributed by atoms with van der Waals surface area (Å²) in [4.78, 5) is 2.50. The van der Waals surface area contributed by atoms with E-state index in [-0.39, 0.29) is 12.6 Å². The molecule has 3 heteroatoms. The van der Waals surface area contributed by atoms with Crippen LogP contribution in [-0.2, 0) is 11.3 Å². The topological polar surface area (TPSA) is 32.7 Å². The molecule has 0 saturated carbocycles. The molecule has 0 amide bonds.